The van der Waals surface area contributed by atoms with E-state index >= 15 is 0 Å². The fourth-order valence-electron chi connectivity index (χ4n) is 9.91. The van der Waals surface area contributed by atoms with Crippen LogP contribution in [0.15, 0.2) is 170 Å². The van der Waals surface area contributed by atoms with Gasteiger partial charge in [-0.3, -0.25) is 0 Å². The number of anilines is 6. The van der Waals surface area contributed by atoms with Crippen LogP contribution in [0.25, 0.3) is 11.1 Å². The lowest BCUT2D eigenvalue weighted by molar-refractivity contribution is -0.144. The molecule has 0 N–H and O–H groups in total. The van der Waals surface area contributed by atoms with Crippen LogP contribution >= 0.6 is 0 Å². The zero-order valence-corrected chi connectivity index (χ0v) is 40.6. The van der Waals surface area contributed by atoms with Crippen molar-refractivity contribution in [3.63, 3.8) is 0 Å². The normalized spacial score (nSPS) is 14.1. The summed E-state index contributed by atoms with van der Waals surface area (Å²) in [5, 5.41) is 0. The molecule has 0 saturated carbocycles. The summed E-state index contributed by atoms with van der Waals surface area (Å²) in [7, 11) is 0. The molecule has 0 aliphatic heterocycles. The van der Waals surface area contributed by atoms with Gasteiger partial charge < -0.3 is 9.80 Å². The lowest BCUT2D eigenvalue weighted by Gasteiger charge is -2.35. The van der Waals surface area contributed by atoms with E-state index in [0.29, 0.717) is 22.3 Å². The van der Waals surface area contributed by atoms with Crippen molar-refractivity contribution in [3.05, 3.63) is 237 Å². The number of benzene rings is 8. The Hall–Kier alpha value is -8.32. The lowest BCUT2D eigenvalue weighted by atomic mass is 9.67. The average Bonchev–Trinajstić information content (AvgIpc) is 2.08. The molecule has 0 spiro atoms. The maximum Gasteiger partial charge on any atom is 0.416 e. The first-order valence-electron chi connectivity index (χ1n) is 23.4. The van der Waals surface area contributed by atoms with Gasteiger partial charge in [0.05, 0.1) is 49.9 Å². The molecule has 0 atom stereocenters. The molecule has 0 saturated heterocycles. The number of rotatable bonds is 8. The number of nitrogens with zero attached hydrogens (tertiary/aromatic N) is 2. The van der Waals surface area contributed by atoms with Crippen molar-refractivity contribution in [3.8, 4) is 11.1 Å². The Labute approximate surface area is 451 Å². The molecule has 0 radical (unpaired) electrons. The summed E-state index contributed by atoms with van der Waals surface area (Å²) in [6, 6.07) is 19.5. The molecular formula is C57H28F24N2. The van der Waals surface area contributed by atoms with Crippen molar-refractivity contribution in [2.45, 2.75) is 54.8 Å². The Morgan fingerprint density at radius 2 is 0.410 bits per heavy atom. The highest BCUT2D eigenvalue weighted by molar-refractivity contribution is 5.88. The third-order valence-corrected chi connectivity index (χ3v) is 13.4. The minimum absolute atomic E-state index is 0.0173. The Morgan fingerprint density at radius 3 is 0.602 bits per heavy atom. The summed E-state index contributed by atoms with van der Waals surface area (Å²) in [5.74, 6) is 0. The molecule has 0 bridgehead atoms. The van der Waals surface area contributed by atoms with Gasteiger partial charge in [0.25, 0.3) is 0 Å². The van der Waals surface area contributed by atoms with E-state index in [1.165, 1.54) is 24.3 Å². The third-order valence-electron chi connectivity index (χ3n) is 13.4. The molecular weight excluding hydrogens is 1170 g/mol. The van der Waals surface area contributed by atoms with Crippen molar-refractivity contribution >= 4 is 34.1 Å². The SMILES string of the molecule is FC(F)(F)c1cc(N(c2ccc(C3(c4ccc(N(c5cc(C(F)(F)F)cc(C(F)(F)F)c5)c5cc(C(F)(F)F)cc(C(F)(F)F)c5)cc4)c4ccccc4-c4ccccc43)cc2)c2cc(C(F)(F)F)cc(C(F)(F)F)c2)cc(C(F)(F)F)c1. The summed E-state index contributed by atoms with van der Waals surface area (Å²) in [4.78, 5) is 0.530. The van der Waals surface area contributed by atoms with Crippen LogP contribution in [0.5, 0.6) is 0 Å². The van der Waals surface area contributed by atoms with Crippen molar-refractivity contribution in [2.75, 3.05) is 9.80 Å². The standard InChI is InChI=1S/C57H28F24N2/c58-50(59,60)31-17-32(51(61,62)63)22-41(21-31)82(42-23-33(52(64,65)66)18-34(24-42)53(67,68)69)39-13-9-29(10-14-39)49(47-7-3-1-5-45(47)46-6-2-4-8-48(46)49)30-11-15-40(16-12-30)83(43-25-35(54(70,71)72)19-36(26-43)55(73,74)75)44-27-37(56(76,77)78)20-38(28-44)57(79,80)81/h1-28H. The first-order chi connectivity index (χ1) is 38.2. The summed E-state index contributed by atoms with van der Waals surface area (Å²) in [6.45, 7) is 0. The van der Waals surface area contributed by atoms with Crippen LogP contribution in [0.3, 0.4) is 0 Å². The van der Waals surface area contributed by atoms with Crippen LogP contribution in [-0.4, -0.2) is 0 Å². The van der Waals surface area contributed by atoms with Crippen LogP contribution in [0, 0.1) is 0 Å². The minimum atomic E-state index is -5.60. The fraction of sp³-hybridized carbons (Fsp3) is 0.158. The van der Waals surface area contributed by atoms with Crippen LogP contribution < -0.4 is 9.80 Å². The van der Waals surface area contributed by atoms with Gasteiger partial charge in [-0.05, 0) is 130 Å². The maximum atomic E-state index is 14.3. The summed E-state index contributed by atoms with van der Waals surface area (Å²) < 4.78 is 344. The van der Waals surface area contributed by atoms with Gasteiger partial charge in [-0.2, -0.15) is 105 Å². The number of fused-ring (bicyclic) bond motifs is 3. The van der Waals surface area contributed by atoms with E-state index in [1.54, 1.807) is 24.3 Å². The first-order valence-corrected chi connectivity index (χ1v) is 23.4. The topological polar surface area (TPSA) is 6.48 Å². The molecule has 26 heteroatoms. The number of halogens is 24. The zero-order chi connectivity index (χ0) is 61.0. The van der Waals surface area contributed by atoms with E-state index < -0.39 is 133 Å². The highest BCUT2D eigenvalue weighted by Crippen LogP contribution is 2.57. The summed E-state index contributed by atoms with van der Waals surface area (Å²) in [5.41, 5.74) is -22.9. The van der Waals surface area contributed by atoms with E-state index in [2.05, 4.69) is 0 Å². The Balaban J connectivity index is 1.31. The molecule has 83 heavy (non-hydrogen) atoms. The van der Waals surface area contributed by atoms with E-state index in [0.717, 1.165) is 48.5 Å². The molecule has 0 unspecified atom stereocenters. The molecule has 1 aliphatic rings. The molecule has 2 nitrogen and oxygen atoms in total. The fourth-order valence-corrected chi connectivity index (χ4v) is 9.91. The van der Waals surface area contributed by atoms with E-state index in [-0.39, 0.29) is 93.7 Å². The minimum Gasteiger partial charge on any atom is -0.310 e. The Bertz CT molecular complexity index is 3220. The Morgan fingerprint density at radius 1 is 0.217 bits per heavy atom. The van der Waals surface area contributed by atoms with E-state index in [9.17, 15) is 105 Å². The van der Waals surface area contributed by atoms with Crippen LogP contribution in [-0.2, 0) is 54.8 Å². The molecule has 0 aromatic heterocycles. The van der Waals surface area contributed by atoms with Crippen molar-refractivity contribution in [1.82, 2.24) is 0 Å². The van der Waals surface area contributed by atoms with Gasteiger partial charge in [0, 0.05) is 34.1 Å². The maximum absolute atomic E-state index is 14.3. The molecule has 8 aromatic rings. The van der Waals surface area contributed by atoms with Gasteiger partial charge in [-0.1, -0.05) is 72.8 Å². The highest BCUT2D eigenvalue weighted by Gasteiger charge is 2.48. The van der Waals surface area contributed by atoms with Crippen LogP contribution in [0.4, 0.5) is 139 Å². The Kier molecular flexibility index (Phi) is 14.3. The second-order valence-corrected chi connectivity index (χ2v) is 18.7. The number of hydrogen-bond acceptors (Lipinski definition) is 2. The van der Waals surface area contributed by atoms with Gasteiger partial charge in [0.2, 0.25) is 0 Å². The molecule has 0 amide bonds. The molecule has 1 aliphatic carbocycles. The number of hydrogen-bond donors (Lipinski definition) is 0. The molecule has 9 rings (SSSR count). The molecule has 0 fully saturated rings. The quantitative estimate of drug-likeness (QED) is 0.140. The molecule has 8 aromatic carbocycles. The van der Waals surface area contributed by atoms with Gasteiger partial charge in [0.1, 0.15) is 0 Å². The van der Waals surface area contributed by atoms with Crippen molar-refractivity contribution in [2.24, 2.45) is 0 Å². The second-order valence-electron chi connectivity index (χ2n) is 18.7. The monoisotopic (exact) mass is 1200 g/mol. The summed E-state index contributed by atoms with van der Waals surface area (Å²) >= 11 is 0. The molecule has 0 heterocycles. The lowest BCUT2D eigenvalue weighted by Crippen LogP contribution is -2.28. The third kappa shape index (κ3) is 11.5. The predicted octanol–water partition coefficient (Wildman–Crippen LogP) is 21.1. The first kappa shape index (κ1) is 59.3. The zero-order valence-electron chi connectivity index (χ0n) is 40.6. The average molecular weight is 1200 g/mol. The number of alkyl halides is 24. The van der Waals surface area contributed by atoms with Gasteiger partial charge in [-0.15, -0.1) is 0 Å². The van der Waals surface area contributed by atoms with Gasteiger partial charge >= 0.3 is 49.4 Å². The summed E-state index contributed by atoms with van der Waals surface area (Å²) in [6.07, 6.45) is -44.8. The highest BCUT2D eigenvalue weighted by atomic mass is 19.4. The van der Waals surface area contributed by atoms with Crippen molar-refractivity contribution < 1.29 is 105 Å². The van der Waals surface area contributed by atoms with Gasteiger partial charge in [-0.25, -0.2) is 0 Å². The molecule has 434 valence electrons. The van der Waals surface area contributed by atoms with Crippen molar-refractivity contribution in [1.29, 1.82) is 0 Å². The van der Waals surface area contributed by atoms with Crippen LogP contribution in [0.2, 0.25) is 0 Å². The predicted molar refractivity (Wildman–Crippen MR) is 253 cm³/mol. The van der Waals surface area contributed by atoms with E-state index in [4.69, 9.17) is 0 Å². The van der Waals surface area contributed by atoms with Gasteiger partial charge in [0.15, 0.2) is 0 Å². The van der Waals surface area contributed by atoms with E-state index in [1.807, 2.05) is 0 Å². The smallest absolute Gasteiger partial charge is 0.310 e. The second kappa shape index (κ2) is 19.9. The van der Waals surface area contributed by atoms with Crippen LogP contribution in [0.1, 0.15) is 66.8 Å². The largest absolute Gasteiger partial charge is 0.416 e.